The third-order valence-corrected chi connectivity index (χ3v) is 12.7. The van der Waals surface area contributed by atoms with E-state index >= 15 is 0 Å². The van der Waals surface area contributed by atoms with Gasteiger partial charge in [0.15, 0.2) is 11.9 Å². The van der Waals surface area contributed by atoms with Gasteiger partial charge in [-0.1, -0.05) is 81.4 Å². The van der Waals surface area contributed by atoms with E-state index in [1.165, 1.54) is 24.0 Å². The van der Waals surface area contributed by atoms with Crippen LogP contribution in [0.3, 0.4) is 0 Å². The van der Waals surface area contributed by atoms with Crippen LogP contribution in [0.2, 0.25) is 5.04 Å². The van der Waals surface area contributed by atoms with Gasteiger partial charge in [0.05, 0.1) is 17.7 Å². The number of aromatic nitrogens is 3. The van der Waals surface area contributed by atoms with Crippen LogP contribution in [0.1, 0.15) is 33.9 Å². The lowest BCUT2D eigenvalue weighted by atomic mass is 9.96. The Bertz CT molecular complexity index is 1480. The first-order valence-electron chi connectivity index (χ1n) is 13.0. The minimum Gasteiger partial charge on any atom is -0.405 e. The zero-order valence-electron chi connectivity index (χ0n) is 22.8. The number of nitrogen functional groups attached to an aromatic ring is 1. The number of nitrogens with zero attached hydrogens (tertiary/aromatic N) is 4. The molecule has 210 valence electrons. The molecule has 1 saturated heterocycles. The first-order chi connectivity index (χ1) is 18.9. The fourth-order valence-corrected chi connectivity index (χ4v) is 10.3. The summed E-state index contributed by atoms with van der Waals surface area (Å²) in [7, 11) is -2.96. The number of nitro groups is 1. The summed E-state index contributed by atoms with van der Waals surface area (Å²) in [5.74, 6) is -0.0693. The Kier molecular flexibility index (Phi) is 7.00. The van der Waals surface area contributed by atoms with E-state index in [2.05, 4.69) is 55.0 Å². The quantitative estimate of drug-likeness (QED) is 0.174. The molecule has 11 nitrogen and oxygen atoms in total. The van der Waals surface area contributed by atoms with Crippen molar-refractivity contribution in [3.05, 3.63) is 83.3 Å². The summed E-state index contributed by atoms with van der Waals surface area (Å²) >= 11 is 0. The van der Waals surface area contributed by atoms with Gasteiger partial charge >= 0.3 is 0 Å². The van der Waals surface area contributed by atoms with E-state index in [-0.39, 0.29) is 34.2 Å². The van der Waals surface area contributed by atoms with Crippen molar-refractivity contribution in [1.29, 1.82) is 0 Å². The van der Waals surface area contributed by atoms with E-state index in [0.29, 0.717) is 0 Å². The summed E-state index contributed by atoms with van der Waals surface area (Å²) in [5, 5.41) is 36.4. The molecule has 0 radical (unpaired) electrons. The van der Waals surface area contributed by atoms with E-state index < -0.39 is 37.3 Å². The molecule has 2 aromatic heterocycles. The number of fused-ring (bicyclic) bond motifs is 1. The number of ether oxygens (including phenoxy) is 1. The number of hydrogen-bond acceptors (Lipinski definition) is 9. The van der Waals surface area contributed by atoms with Crippen molar-refractivity contribution < 1.29 is 24.3 Å². The monoisotopic (exact) mass is 563 g/mol. The van der Waals surface area contributed by atoms with Crippen LogP contribution < -0.4 is 16.1 Å². The molecule has 4 N–H and O–H groups in total. The second-order valence-corrected chi connectivity index (χ2v) is 15.6. The molecular formula is C28H33N5O6Si. The molecule has 4 atom stereocenters. The largest absolute Gasteiger partial charge is 0.405 e. The Morgan fingerprint density at radius 1 is 1.12 bits per heavy atom. The van der Waals surface area contributed by atoms with Crippen molar-refractivity contribution in [1.82, 2.24) is 14.5 Å². The predicted molar refractivity (Wildman–Crippen MR) is 153 cm³/mol. The molecule has 1 aliphatic rings. The molecule has 12 heteroatoms. The van der Waals surface area contributed by atoms with Crippen molar-refractivity contribution in [2.24, 2.45) is 0 Å². The number of rotatable bonds is 7. The molecule has 1 fully saturated rings. The van der Waals surface area contributed by atoms with E-state index in [1.807, 2.05) is 36.4 Å². The van der Waals surface area contributed by atoms with Crippen molar-refractivity contribution in [2.45, 2.75) is 56.8 Å². The standard InChI is InChI=1S/C28H33N5O6Si/c1-27(2,3)40(18-11-7-5-8-12-18,19-13-9-6-10-14-19)38-16-21-23(34)28(4,35)26(39-21)32-15-20(33(36)37)22-24(29)30-17-31-25(22)32/h5-15,17,21,23,26,34-35H,16H2,1-4H3,(H2,29,30,31). The van der Waals surface area contributed by atoms with Gasteiger partial charge in [0.2, 0.25) is 0 Å². The summed E-state index contributed by atoms with van der Waals surface area (Å²) in [4.78, 5) is 19.2. The minimum atomic E-state index is -2.96. The van der Waals surface area contributed by atoms with Crippen LogP contribution in [0.5, 0.6) is 0 Å². The SMILES string of the molecule is CC1(O)C(O)C(CO[Si](c2ccccc2)(c2ccccc2)C(C)(C)C)OC1n1cc([N+](=O)[O-])c2c(N)ncnc21. The summed E-state index contributed by atoms with van der Waals surface area (Å²) in [6.07, 6.45) is -1.14. The maximum absolute atomic E-state index is 11.8. The lowest BCUT2D eigenvalue weighted by molar-refractivity contribution is -0.383. The number of nitrogens with two attached hydrogens (primary N) is 1. The van der Waals surface area contributed by atoms with Crippen LogP contribution in [0.25, 0.3) is 11.0 Å². The van der Waals surface area contributed by atoms with Crippen LogP contribution in [0.4, 0.5) is 11.5 Å². The van der Waals surface area contributed by atoms with Crippen molar-refractivity contribution in [3.63, 3.8) is 0 Å². The van der Waals surface area contributed by atoms with E-state index in [0.717, 1.165) is 10.4 Å². The van der Waals surface area contributed by atoms with Crippen molar-refractivity contribution in [2.75, 3.05) is 12.3 Å². The average molecular weight is 564 g/mol. The Morgan fingerprint density at radius 2 is 1.70 bits per heavy atom. The highest BCUT2D eigenvalue weighted by Gasteiger charge is 2.56. The fourth-order valence-electron chi connectivity index (χ4n) is 5.75. The molecule has 2 aromatic carbocycles. The predicted octanol–water partition coefficient (Wildman–Crippen LogP) is 2.51. The van der Waals surface area contributed by atoms with Crippen LogP contribution >= 0.6 is 0 Å². The Hall–Kier alpha value is -3.68. The number of hydrogen-bond donors (Lipinski definition) is 3. The summed E-state index contributed by atoms with van der Waals surface area (Å²) < 4.78 is 14.5. The zero-order valence-corrected chi connectivity index (χ0v) is 23.8. The topological polar surface area (TPSA) is 159 Å². The van der Waals surface area contributed by atoms with E-state index in [9.17, 15) is 20.3 Å². The van der Waals surface area contributed by atoms with Crippen LogP contribution in [0, 0.1) is 10.1 Å². The second-order valence-electron chi connectivity index (χ2n) is 11.3. The summed E-state index contributed by atoms with van der Waals surface area (Å²) in [5.41, 5.74) is 3.90. The number of anilines is 1. The van der Waals surface area contributed by atoms with Gasteiger partial charge in [-0.3, -0.25) is 14.7 Å². The smallest absolute Gasteiger partial charge is 0.300 e. The first kappa shape index (κ1) is 27.9. The third kappa shape index (κ3) is 4.37. The summed E-state index contributed by atoms with van der Waals surface area (Å²) in [6.45, 7) is 7.81. The van der Waals surface area contributed by atoms with Gasteiger partial charge in [-0.2, -0.15) is 0 Å². The van der Waals surface area contributed by atoms with Crippen LogP contribution in [0.15, 0.2) is 73.2 Å². The highest BCUT2D eigenvalue weighted by molar-refractivity contribution is 6.99. The zero-order chi connectivity index (χ0) is 28.9. The van der Waals surface area contributed by atoms with Gasteiger partial charge < -0.3 is 25.1 Å². The molecule has 3 heterocycles. The van der Waals surface area contributed by atoms with Gasteiger partial charge in [-0.25, -0.2) is 9.97 Å². The maximum Gasteiger partial charge on any atom is 0.300 e. The third-order valence-electron chi connectivity index (χ3n) is 7.70. The fraction of sp³-hybridized carbons (Fsp3) is 0.357. The molecule has 5 rings (SSSR count). The molecule has 4 aromatic rings. The molecule has 0 saturated carbocycles. The second kappa shape index (κ2) is 10.1. The molecule has 4 unspecified atom stereocenters. The number of aliphatic hydroxyl groups excluding tert-OH is 1. The highest BCUT2D eigenvalue weighted by atomic mass is 28.4. The molecule has 40 heavy (non-hydrogen) atoms. The highest BCUT2D eigenvalue weighted by Crippen LogP contribution is 2.43. The Balaban J connectivity index is 1.54. The molecule has 1 aliphatic heterocycles. The van der Waals surface area contributed by atoms with E-state index in [4.69, 9.17) is 14.9 Å². The van der Waals surface area contributed by atoms with Crippen LogP contribution in [-0.4, -0.2) is 62.4 Å². The normalized spacial score (nSPS) is 23.5. The molecular weight excluding hydrogens is 530 g/mol. The summed E-state index contributed by atoms with van der Waals surface area (Å²) in [6, 6.07) is 20.1. The van der Waals surface area contributed by atoms with Gasteiger partial charge in [-0.05, 0) is 22.3 Å². The maximum atomic E-state index is 11.8. The van der Waals surface area contributed by atoms with Crippen molar-refractivity contribution in [3.8, 4) is 0 Å². The Labute approximate surface area is 232 Å². The van der Waals surface area contributed by atoms with Crippen LogP contribution in [-0.2, 0) is 9.16 Å². The van der Waals surface area contributed by atoms with E-state index in [1.54, 1.807) is 0 Å². The average Bonchev–Trinajstić information content (AvgIpc) is 3.41. The minimum absolute atomic E-state index is 0.0283. The number of aliphatic hydroxyl groups is 2. The molecule has 0 amide bonds. The first-order valence-corrected chi connectivity index (χ1v) is 14.9. The Morgan fingerprint density at radius 3 is 2.23 bits per heavy atom. The molecule has 0 bridgehead atoms. The molecule has 0 aliphatic carbocycles. The van der Waals surface area contributed by atoms with Gasteiger partial charge in [0.1, 0.15) is 35.3 Å². The number of benzene rings is 2. The lowest BCUT2D eigenvalue weighted by Gasteiger charge is -2.43. The van der Waals surface area contributed by atoms with Crippen molar-refractivity contribution >= 4 is 41.2 Å². The van der Waals surface area contributed by atoms with Gasteiger partial charge in [0.25, 0.3) is 14.0 Å². The van der Waals surface area contributed by atoms with Gasteiger partial charge in [-0.15, -0.1) is 0 Å². The lowest BCUT2D eigenvalue weighted by Crippen LogP contribution is -2.67. The molecule has 0 spiro atoms. The van der Waals surface area contributed by atoms with Gasteiger partial charge in [0, 0.05) is 0 Å².